The normalized spacial score (nSPS) is 10.4. The maximum atomic E-state index is 12.3. The van der Waals surface area contributed by atoms with Crippen LogP contribution in [0.1, 0.15) is 10.5 Å². The molecule has 0 aliphatic rings. The highest BCUT2D eigenvalue weighted by atomic mass is 16.4. The van der Waals surface area contributed by atoms with Crippen LogP contribution in [0.25, 0.3) is 10.9 Å². The van der Waals surface area contributed by atoms with Crippen LogP contribution in [0.2, 0.25) is 0 Å². The third-order valence-corrected chi connectivity index (χ3v) is 3.27. The maximum absolute atomic E-state index is 12.3. The highest BCUT2D eigenvalue weighted by Crippen LogP contribution is 2.24. The van der Waals surface area contributed by atoms with E-state index in [4.69, 9.17) is 5.11 Å². The minimum atomic E-state index is -1.22. The lowest BCUT2D eigenvalue weighted by atomic mass is 10.2. The van der Waals surface area contributed by atoms with Gasteiger partial charge in [0, 0.05) is 10.9 Å². The molecule has 0 bridgehead atoms. The summed E-state index contributed by atoms with van der Waals surface area (Å²) >= 11 is 0. The predicted octanol–water partition coefficient (Wildman–Crippen LogP) is 3.22. The summed E-state index contributed by atoms with van der Waals surface area (Å²) in [6.45, 7) is 0. The smallest absolute Gasteiger partial charge is 0.409 e. The van der Waals surface area contributed by atoms with Crippen LogP contribution in [0.5, 0.6) is 5.75 Å². The van der Waals surface area contributed by atoms with Crippen LogP contribution in [0, 0.1) is 0 Å². The minimum absolute atomic E-state index is 0.111. The quantitative estimate of drug-likeness (QED) is 0.511. The second-order valence-corrected chi connectivity index (χ2v) is 4.88. The van der Waals surface area contributed by atoms with Crippen molar-refractivity contribution in [1.82, 2.24) is 4.98 Å². The number of aromatic nitrogens is 1. The van der Waals surface area contributed by atoms with Gasteiger partial charge in [0.2, 0.25) is 0 Å². The van der Waals surface area contributed by atoms with Gasteiger partial charge < -0.3 is 20.5 Å². The first kappa shape index (κ1) is 14.5. The zero-order valence-electron chi connectivity index (χ0n) is 11.8. The number of aromatic amines is 1. The number of amides is 2. The van der Waals surface area contributed by atoms with Crippen LogP contribution in [0.3, 0.4) is 0 Å². The number of rotatable bonds is 3. The Bertz CT molecular complexity index is 901. The van der Waals surface area contributed by atoms with Gasteiger partial charge in [0.05, 0.1) is 11.4 Å². The van der Waals surface area contributed by atoms with Crippen molar-refractivity contribution in [2.24, 2.45) is 0 Å². The van der Waals surface area contributed by atoms with Crippen molar-refractivity contribution in [3.8, 4) is 5.75 Å². The molecule has 116 valence electrons. The highest BCUT2D eigenvalue weighted by molar-refractivity contribution is 6.08. The fourth-order valence-electron chi connectivity index (χ4n) is 2.25. The molecular formula is C16H13N3O4. The Morgan fingerprint density at radius 1 is 0.957 bits per heavy atom. The number of carbonyl (C=O) groups is 2. The van der Waals surface area contributed by atoms with E-state index in [1.165, 1.54) is 6.07 Å². The molecule has 1 heterocycles. The number of fused-ring (bicyclic) bond motifs is 1. The van der Waals surface area contributed by atoms with Gasteiger partial charge in [0.25, 0.3) is 5.91 Å². The number of para-hydroxylation sites is 2. The first-order valence-corrected chi connectivity index (χ1v) is 6.75. The number of phenolic OH excluding ortho intramolecular Hbond substituents is 1. The third kappa shape index (κ3) is 3.08. The Labute approximate surface area is 130 Å². The van der Waals surface area contributed by atoms with Gasteiger partial charge in [-0.2, -0.15) is 0 Å². The Morgan fingerprint density at radius 2 is 1.65 bits per heavy atom. The van der Waals surface area contributed by atoms with E-state index in [9.17, 15) is 14.7 Å². The molecule has 0 aliphatic carbocycles. The summed E-state index contributed by atoms with van der Waals surface area (Å²) in [5.74, 6) is -0.306. The third-order valence-electron chi connectivity index (χ3n) is 3.27. The van der Waals surface area contributed by atoms with E-state index in [0.717, 1.165) is 0 Å². The zero-order chi connectivity index (χ0) is 16.4. The molecule has 7 nitrogen and oxygen atoms in total. The van der Waals surface area contributed by atoms with Gasteiger partial charge >= 0.3 is 6.09 Å². The first-order chi connectivity index (χ1) is 11.0. The van der Waals surface area contributed by atoms with E-state index in [0.29, 0.717) is 22.3 Å². The largest absolute Gasteiger partial charge is 0.508 e. The predicted molar refractivity (Wildman–Crippen MR) is 86.0 cm³/mol. The molecule has 3 aromatic rings. The first-order valence-electron chi connectivity index (χ1n) is 6.75. The standard InChI is InChI=1S/C16H13N3O4/c20-10-5-6-11-9(7-10)8-14(17-11)15(21)18-12-3-1-2-4-13(12)19-16(22)23/h1-8,17,19-20H,(H,18,21)(H,22,23). The number of anilines is 2. The van der Waals surface area contributed by atoms with E-state index in [1.807, 2.05) is 0 Å². The Morgan fingerprint density at radius 3 is 2.35 bits per heavy atom. The number of carboxylic acid groups (broad SMARTS) is 1. The lowest BCUT2D eigenvalue weighted by Crippen LogP contribution is -2.15. The van der Waals surface area contributed by atoms with Crippen LogP contribution in [-0.4, -0.2) is 27.2 Å². The number of carbonyl (C=O) groups excluding carboxylic acids is 1. The topological polar surface area (TPSA) is 114 Å². The summed E-state index contributed by atoms with van der Waals surface area (Å²) in [6, 6.07) is 12.8. The summed E-state index contributed by atoms with van der Waals surface area (Å²) in [4.78, 5) is 26.0. The Kier molecular flexibility index (Phi) is 3.60. The van der Waals surface area contributed by atoms with Gasteiger partial charge in [-0.3, -0.25) is 10.1 Å². The Balaban J connectivity index is 1.87. The molecule has 0 spiro atoms. The fourth-order valence-corrected chi connectivity index (χ4v) is 2.25. The molecule has 7 heteroatoms. The van der Waals surface area contributed by atoms with Crippen LogP contribution in [-0.2, 0) is 0 Å². The fraction of sp³-hybridized carbons (Fsp3) is 0. The number of phenols is 1. The lowest BCUT2D eigenvalue weighted by Gasteiger charge is -2.09. The zero-order valence-corrected chi connectivity index (χ0v) is 11.8. The van der Waals surface area contributed by atoms with Crippen molar-refractivity contribution >= 4 is 34.3 Å². The molecule has 0 fully saturated rings. The molecule has 0 radical (unpaired) electrons. The van der Waals surface area contributed by atoms with Gasteiger partial charge in [-0.1, -0.05) is 12.1 Å². The van der Waals surface area contributed by atoms with E-state index in [1.54, 1.807) is 42.5 Å². The molecule has 0 saturated heterocycles. The number of nitrogens with one attached hydrogen (secondary N) is 3. The molecular weight excluding hydrogens is 298 g/mol. The molecule has 3 rings (SSSR count). The van der Waals surface area contributed by atoms with Crippen molar-refractivity contribution in [3.63, 3.8) is 0 Å². The second-order valence-electron chi connectivity index (χ2n) is 4.88. The summed E-state index contributed by atoms with van der Waals surface area (Å²) in [6.07, 6.45) is -1.22. The summed E-state index contributed by atoms with van der Waals surface area (Å²) < 4.78 is 0. The van der Waals surface area contributed by atoms with Crippen LogP contribution < -0.4 is 10.6 Å². The van der Waals surface area contributed by atoms with Crippen molar-refractivity contribution in [1.29, 1.82) is 0 Å². The molecule has 0 aliphatic heterocycles. The summed E-state index contributed by atoms with van der Waals surface area (Å²) in [5.41, 5.74) is 1.64. The van der Waals surface area contributed by atoms with E-state index >= 15 is 0 Å². The van der Waals surface area contributed by atoms with Crippen molar-refractivity contribution in [2.45, 2.75) is 0 Å². The van der Waals surface area contributed by atoms with Gasteiger partial charge in [-0.25, -0.2) is 4.79 Å². The molecule has 5 N–H and O–H groups in total. The van der Waals surface area contributed by atoms with Crippen molar-refractivity contribution in [3.05, 3.63) is 54.2 Å². The van der Waals surface area contributed by atoms with Crippen LogP contribution in [0.15, 0.2) is 48.5 Å². The summed E-state index contributed by atoms with van der Waals surface area (Å²) in [7, 11) is 0. The van der Waals surface area contributed by atoms with Gasteiger partial charge in [0.15, 0.2) is 0 Å². The number of hydrogen-bond donors (Lipinski definition) is 5. The van der Waals surface area contributed by atoms with E-state index in [2.05, 4.69) is 15.6 Å². The maximum Gasteiger partial charge on any atom is 0.409 e. The number of H-pyrrole nitrogens is 1. The molecule has 2 aromatic carbocycles. The van der Waals surface area contributed by atoms with Crippen molar-refractivity contribution < 1.29 is 19.8 Å². The average molecular weight is 311 g/mol. The molecule has 0 unspecified atom stereocenters. The molecule has 0 saturated carbocycles. The molecule has 1 aromatic heterocycles. The summed E-state index contributed by atoms with van der Waals surface area (Å²) in [5, 5.41) is 23.8. The average Bonchev–Trinajstić information content (AvgIpc) is 2.92. The van der Waals surface area contributed by atoms with Crippen LogP contribution in [0.4, 0.5) is 16.2 Å². The molecule has 0 atom stereocenters. The van der Waals surface area contributed by atoms with E-state index in [-0.39, 0.29) is 11.4 Å². The minimum Gasteiger partial charge on any atom is -0.508 e. The lowest BCUT2D eigenvalue weighted by molar-refractivity contribution is 0.102. The second kappa shape index (κ2) is 5.72. The van der Waals surface area contributed by atoms with Gasteiger partial charge in [0.1, 0.15) is 11.4 Å². The van der Waals surface area contributed by atoms with E-state index < -0.39 is 12.0 Å². The van der Waals surface area contributed by atoms with Gasteiger partial charge in [-0.05, 0) is 36.4 Å². The number of hydrogen-bond acceptors (Lipinski definition) is 3. The monoisotopic (exact) mass is 311 g/mol. The van der Waals surface area contributed by atoms with Crippen LogP contribution >= 0.6 is 0 Å². The Hall–Kier alpha value is -3.48. The number of benzene rings is 2. The molecule has 2 amide bonds. The molecule has 23 heavy (non-hydrogen) atoms. The highest BCUT2D eigenvalue weighted by Gasteiger charge is 2.13. The number of aromatic hydroxyl groups is 1. The van der Waals surface area contributed by atoms with Gasteiger partial charge in [-0.15, -0.1) is 0 Å². The SMILES string of the molecule is O=C(O)Nc1ccccc1NC(=O)c1cc2cc(O)ccc2[nH]1. The van der Waals surface area contributed by atoms with Crippen molar-refractivity contribution in [2.75, 3.05) is 10.6 Å².